The topological polar surface area (TPSA) is 60.1 Å². The third-order valence-electron chi connectivity index (χ3n) is 5.18. The number of benzene rings is 1. The summed E-state index contributed by atoms with van der Waals surface area (Å²) in [6.07, 6.45) is 2.42. The summed E-state index contributed by atoms with van der Waals surface area (Å²) in [7, 11) is 1.45. The number of piperidine rings is 1. The molecule has 0 unspecified atom stereocenters. The van der Waals surface area contributed by atoms with Gasteiger partial charge >= 0.3 is 11.1 Å². The first-order chi connectivity index (χ1) is 13.4. The maximum absolute atomic E-state index is 14.1. The van der Waals surface area contributed by atoms with E-state index < -0.39 is 22.8 Å². The van der Waals surface area contributed by atoms with Crippen LogP contribution in [0, 0.1) is 11.6 Å². The fourth-order valence-electron chi connectivity index (χ4n) is 3.77. The van der Waals surface area contributed by atoms with Gasteiger partial charge in [0.1, 0.15) is 5.82 Å². The highest BCUT2D eigenvalue weighted by molar-refractivity contribution is 6.30. The lowest BCUT2D eigenvalue weighted by molar-refractivity contribution is 0.390. The monoisotopic (exact) mass is 406 g/mol. The van der Waals surface area contributed by atoms with Crippen LogP contribution in [0.4, 0.5) is 14.6 Å². The highest BCUT2D eigenvalue weighted by Gasteiger charge is 2.26. The lowest BCUT2D eigenvalue weighted by atomic mass is 10.0. The van der Waals surface area contributed by atoms with Gasteiger partial charge in [-0.05, 0) is 37.1 Å². The molecule has 0 N–H and O–H groups in total. The quantitative estimate of drug-likeness (QED) is 0.614. The Morgan fingerprint density at radius 1 is 1.07 bits per heavy atom. The van der Waals surface area contributed by atoms with Gasteiger partial charge in [-0.1, -0.05) is 11.6 Å². The number of aryl methyl sites for hydroxylation is 1. The predicted octanol–water partition coefficient (Wildman–Crippen LogP) is 2.87. The maximum atomic E-state index is 14.1. The molecule has 0 atom stereocenters. The summed E-state index contributed by atoms with van der Waals surface area (Å²) >= 11 is 5.75. The number of pyridine rings is 1. The maximum Gasteiger partial charge on any atom is 0.317 e. The summed E-state index contributed by atoms with van der Waals surface area (Å²) in [5.41, 5.74) is -0.484. The molecular weight excluding hydrogens is 390 g/mol. The average Bonchev–Trinajstić information content (AvgIpc) is 2.68. The van der Waals surface area contributed by atoms with Crippen molar-refractivity contribution >= 4 is 28.5 Å². The van der Waals surface area contributed by atoms with E-state index in [1.807, 2.05) is 0 Å². The number of nitrogens with zero attached hydrogens (tertiary/aromatic N) is 4. The second-order valence-electron chi connectivity index (χ2n) is 6.85. The van der Waals surface area contributed by atoms with Crippen LogP contribution in [-0.4, -0.2) is 27.2 Å². The molecule has 2 aromatic heterocycles. The van der Waals surface area contributed by atoms with Crippen molar-refractivity contribution in [2.75, 3.05) is 18.0 Å². The molecule has 0 amide bonds. The van der Waals surface area contributed by atoms with E-state index in [0.717, 1.165) is 0 Å². The summed E-state index contributed by atoms with van der Waals surface area (Å²) < 4.78 is 30.4. The summed E-state index contributed by atoms with van der Waals surface area (Å²) in [6, 6.07) is 4.99. The fraction of sp³-hybridized carbons (Fsp3) is 0.316. The van der Waals surface area contributed by atoms with Crippen LogP contribution >= 0.6 is 11.6 Å². The standard InChI is InChI=1S/C19H17ClF2N4O2/c1-24-16-9-12(21)2-3-15(16)26(19(28)18(24)27)13-4-6-25(7-5-13)17-14(22)8-11(20)10-23-17/h2-3,8-10,13H,4-7H2,1H3. The minimum Gasteiger partial charge on any atom is -0.354 e. The molecule has 9 heteroatoms. The second-order valence-corrected chi connectivity index (χ2v) is 7.29. The van der Waals surface area contributed by atoms with Crippen molar-refractivity contribution in [3.8, 4) is 0 Å². The van der Waals surface area contributed by atoms with E-state index in [4.69, 9.17) is 11.6 Å². The molecule has 1 aromatic carbocycles. The third kappa shape index (κ3) is 3.07. The van der Waals surface area contributed by atoms with Gasteiger partial charge in [-0.3, -0.25) is 14.2 Å². The van der Waals surface area contributed by atoms with Crippen LogP contribution < -0.4 is 16.0 Å². The molecule has 3 heterocycles. The van der Waals surface area contributed by atoms with Gasteiger partial charge < -0.3 is 9.47 Å². The van der Waals surface area contributed by atoms with Crippen LogP contribution in [0.1, 0.15) is 18.9 Å². The summed E-state index contributed by atoms with van der Waals surface area (Å²) in [6.45, 7) is 0.918. The molecule has 3 aromatic rings. The normalized spacial score (nSPS) is 15.4. The Labute approximate surface area is 163 Å². The van der Waals surface area contributed by atoms with Crippen molar-refractivity contribution in [2.24, 2.45) is 7.05 Å². The third-order valence-corrected chi connectivity index (χ3v) is 5.39. The largest absolute Gasteiger partial charge is 0.354 e. The number of rotatable bonds is 2. The number of halogens is 3. The Morgan fingerprint density at radius 3 is 2.46 bits per heavy atom. The number of hydrogen-bond acceptors (Lipinski definition) is 4. The minimum absolute atomic E-state index is 0.214. The minimum atomic E-state index is -0.703. The predicted molar refractivity (Wildman–Crippen MR) is 103 cm³/mol. The zero-order valence-corrected chi connectivity index (χ0v) is 15.8. The van der Waals surface area contributed by atoms with Crippen molar-refractivity contribution in [3.05, 3.63) is 67.8 Å². The Morgan fingerprint density at radius 2 is 1.79 bits per heavy atom. The van der Waals surface area contributed by atoms with E-state index in [1.54, 1.807) is 4.90 Å². The number of aromatic nitrogens is 3. The van der Waals surface area contributed by atoms with E-state index in [0.29, 0.717) is 37.0 Å². The SMILES string of the molecule is Cn1c(=O)c(=O)n(C2CCN(c3ncc(Cl)cc3F)CC2)c2ccc(F)cc21. The molecule has 1 saturated heterocycles. The Bertz CT molecular complexity index is 1180. The van der Waals surface area contributed by atoms with Crippen LogP contribution in [0.15, 0.2) is 40.1 Å². The first-order valence-corrected chi connectivity index (χ1v) is 9.21. The van der Waals surface area contributed by atoms with Crippen LogP contribution in [0.3, 0.4) is 0 Å². The van der Waals surface area contributed by atoms with Gasteiger partial charge in [0, 0.05) is 32.4 Å². The fourth-order valence-corrected chi connectivity index (χ4v) is 3.92. The molecule has 4 rings (SSSR count). The van der Waals surface area contributed by atoms with Crippen LogP contribution in [0.25, 0.3) is 11.0 Å². The van der Waals surface area contributed by atoms with E-state index in [1.165, 1.54) is 46.6 Å². The average molecular weight is 407 g/mol. The summed E-state index contributed by atoms with van der Waals surface area (Å²) in [5, 5.41) is 0.224. The molecular formula is C19H17ClF2N4O2. The molecule has 146 valence electrons. The highest BCUT2D eigenvalue weighted by atomic mass is 35.5. The second kappa shape index (κ2) is 7.01. The molecule has 1 fully saturated rings. The van der Waals surface area contributed by atoms with Gasteiger partial charge in [-0.15, -0.1) is 0 Å². The van der Waals surface area contributed by atoms with E-state index in [9.17, 15) is 18.4 Å². The Balaban J connectivity index is 1.69. The van der Waals surface area contributed by atoms with E-state index >= 15 is 0 Å². The Kier molecular flexibility index (Phi) is 4.66. The van der Waals surface area contributed by atoms with Crippen molar-refractivity contribution in [1.29, 1.82) is 0 Å². The molecule has 0 spiro atoms. The van der Waals surface area contributed by atoms with Crippen LogP contribution in [0.5, 0.6) is 0 Å². The highest BCUT2D eigenvalue weighted by Crippen LogP contribution is 2.28. The number of hydrogen-bond donors (Lipinski definition) is 0. The Hall–Kier alpha value is -2.74. The van der Waals surface area contributed by atoms with Gasteiger partial charge in [0.2, 0.25) is 0 Å². The van der Waals surface area contributed by atoms with Crippen LogP contribution in [0.2, 0.25) is 5.02 Å². The van der Waals surface area contributed by atoms with E-state index in [2.05, 4.69) is 4.98 Å². The van der Waals surface area contributed by atoms with Crippen molar-refractivity contribution < 1.29 is 8.78 Å². The molecule has 0 bridgehead atoms. The summed E-state index contributed by atoms with van der Waals surface area (Å²) in [4.78, 5) is 30.9. The summed E-state index contributed by atoms with van der Waals surface area (Å²) in [5.74, 6) is -0.768. The molecule has 0 aliphatic carbocycles. The molecule has 28 heavy (non-hydrogen) atoms. The van der Waals surface area contributed by atoms with Gasteiger partial charge in [0.15, 0.2) is 11.6 Å². The molecule has 1 aliphatic heterocycles. The molecule has 1 aliphatic rings. The van der Waals surface area contributed by atoms with Gasteiger partial charge in [0.05, 0.1) is 16.1 Å². The first-order valence-electron chi connectivity index (χ1n) is 8.83. The molecule has 0 saturated carbocycles. The zero-order chi connectivity index (χ0) is 20.0. The van der Waals surface area contributed by atoms with E-state index in [-0.39, 0.29) is 16.9 Å². The van der Waals surface area contributed by atoms with Gasteiger partial charge in [-0.25, -0.2) is 13.8 Å². The first kappa shape index (κ1) is 18.6. The molecule has 6 nitrogen and oxygen atoms in total. The van der Waals surface area contributed by atoms with Gasteiger partial charge in [0.25, 0.3) is 0 Å². The van der Waals surface area contributed by atoms with Crippen molar-refractivity contribution in [3.63, 3.8) is 0 Å². The molecule has 0 radical (unpaired) electrons. The lowest BCUT2D eigenvalue weighted by Crippen LogP contribution is -2.45. The van der Waals surface area contributed by atoms with Crippen LogP contribution in [-0.2, 0) is 7.05 Å². The van der Waals surface area contributed by atoms with Gasteiger partial charge in [-0.2, -0.15) is 0 Å². The zero-order valence-electron chi connectivity index (χ0n) is 15.0. The van der Waals surface area contributed by atoms with Crippen molar-refractivity contribution in [2.45, 2.75) is 18.9 Å². The number of anilines is 1. The lowest BCUT2D eigenvalue weighted by Gasteiger charge is -2.34. The van der Waals surface area contributed by atoms with Crippen molar-refractivity contribution in [1.82, 2.24) is 14.1 Å². The smallest absolute Gasteiger partial charge is 0.317 e. The number of fused-ring (bicyclic) bond motifs is 1.